The number of rotatable bonds is 6. The third kappa shape index (κ3) is 5.37. The highest BCUT2D eigenvalue weighted by Gasteiger charge is 2.16. The summed E-state index contributed by atoms with van der Waals surface area (Å²) in [6, 6.07) is 12.2. The molecule has 0 bridgehead atoms. The van der Waals surface area contributed by atoms with Crippen molar-refractivity contribution in [2.75, 3.05) is 25.2 Å². The zero-order valence-corrected chi connectivity index (χ0v) is 15.2. The van der Waals surface area contributed by atoms with E-state index in [2.05, 4.69) is 5.32 Å². The molecule has 0 fully saturated rings. The standard InChI is InChI=1S/C18H21FN2O3S/c1-13(14-7-9-17(10-8-14)25(3,23)24)21(2)12-18(22)20-16-6-4-5-15(19)11-16/h4-11,13H,12H2,1-3H3,(H,20,22). The van der Waals surface area contributed by atoms with Crippen LogP contribution in [0.4, 0.5) is 10.1 Å². The van der Waals surface area contributed by atoms with Gasteiger partial charge in [-0.25, -0.2) is 12.8 Å². The van der Waals surface area contributed by atoms with Crippen molar-refractivity contribution in [2.45, 2.75) is 17.9 Å². The second-order valence-corrected chi connectivity index (χ2v) is 8.01. The summed E-state index contributed by atoms with van der Waals surface area (Å²) in [6.07, 6.45) is 1.16. The fraction of sp³-hybridized carbons (Fsp3) is 0.278. The van der Waals surface area contributed by atoms with Crippen molar-refractivity contribution in [3.63, 3.8) is 0 Å². The fourth-order valence-electron chi connectivity index (χ4n) is 2.38. The average Bonchev–Trinajstić information content (AvgIpc) is 2.53. The predicted molar refractivity (Wildman–Crippen MR) is 95.6 cm³/mol. The minimum atomic E-state index is -3.23. The number of halogens is 1. The monoisotopic (exact) mass is 364 g/mol. The van der Waals surface area contributed by atoms with Crippen LogP contribution < -0.4 is 5.32 Å². The molecule has 25 heavy (non-hydrogen) atoms. The Morgan fingerprint density at radius 3 is 2.40 bits per heavy atom. The second kappa shape index (κ2) is 7.76. The Kier molecular flexibility index (Phi) is 5.92. The van der Waals surface area contributed by atoms with Gasteiger partial charge >= 0.3 is 0 Å². The summed E-state index contributed by atoms with van der Waals surface area (Å²) >= 11 is 0. The first-order valence-electron chi connectivity index (χ1n) is 7.72. The van der Waals surface area contributed by atoms with E-state index < -0.39 is 15.7 Å². The van der Waals surface area contributed by atoms with Crippen LogP contribution in [-0.2, 0) is 14.6 Å². The summed E-state index contributed by atoms with van der Waals surface area (Å²) in [5.74, 6) is -0.668. The van der Waals surface area contributed by atoms with E-state index in [9.17, 15) is 17.6 Å². The van der Waals surface area contributed by atoms with Crippen molar-refractivity contribution in [1.29, 1.82) is 0 Å². The van der Waals surface area contributed by atoms with Crippen LogP contribution in [0.1, 0.15) is 18.5 Å². The maximum atomic E-state index is 13.1. The Labute approximate surface area is 147 Å². The van der Waals surface area contributed by atoms with Gasteiger partial charge in [0.2, 0.25) is 5.91 Å². The zero-order chi connectivity index (χ0) is 18.6. The lowest BCUT2D eigenvalue weighted by Gasteiger charge is -2.24. The molecule has 1 amide bonds. The molecule has 0 heterocycles. The van der Waals surface area contributed by atoms with Crippen LogP contribution in [0.3, 0.4) is 0 Å². The van der Waals surface area contributed by atoms with Gasteiger partial charge in [0, 0.05) is 18.0 Å². The average molecular weight is 364 g/mol. The Bertz CT molecular complexity index is 851. The zero-order valence-electron chi connectivity index (χ0n) is 14.4. The lowest BCUT2D eigenvalue weighted by Crippen LogP contribution is -2.32. The van der Waals surface area contributed by atoms with Crippen molar-refractivity contribution >= 4 is 21.4 Å². The number of sulfone groups is 1. The number of carbonyl (C=O) groups excluding carboxylic acids is 1. The molecule has 1 unspecified atom stereocenters. The summed E-state index contributed by atoms with van der Waals surface area (Å²) in [5.41, 5.74) is 1.30. The number of hydrogen-bond donors (Lipinski definition) is 1. The van der Waals surface area contributed by atoms with Crippen molar-refractivity contribution in [2.24, 2.45) is 0 Å². The van der Waals surface area contributed by atoms with Gasteiger partial charge in [-0.3, -0.25) is 9.69 Å². The number of anilines is 1. The highest BCUT2D eigenvalue weighted by molar-refractivity contribution is 7.90. The number of hydrogen-bond acceptors (Lipinski definition) is 4. The minimum absolute atomic E-state index is 0.0909. The van der Waals surface area contributed by atoms with Gasteiger partial charge in [0.25, 0.3) is 0 Å². The highest BCUT2D eigenvalue weighted by Crippen LogP contribution is 2.20. The molecule has 2 rings (SSSR count). The maximum Gasteiger partial charge on any atom is 0.238 e. The third-order valence-electron chi connectivity index (χ3n) is 3.95. The van der Waals surface area contributed by atoms with Crippen molar-refractivity contribution < 1.29 is 17.6 Å². The number of carbonyl (C=O) groups is 1. The minimum Gasteiger partial charge on any atom is -0.325 e. The summed E-state index contributed by atoms with van der Waals surface area (Å²) in [7, 11) is -1.44. The SMILES string of the molecule is CC(c1ccc(S(C)(=O)=O)cc1)N(C)CC(=O)Nc1cccc(F)c1. The topological polar surface area (TPSA) is 66.5 Å². The van der Waals surface area contributed by atoms with Gasteiger partial charge < -0.3 is 5.32 Å². The van der Waals surface area contributed by atoms with E-state index in [1.165, 1.54) is 18.2 Å². The molecule has 7 heteroatoms. The molecule has 0 saturated heterocycles. The molecule has 1 atom stereocenters. The number of nitrogens with one attached hydrogen (secondary N) is 1. The molecule has 2 aromatic rings. The molecule has 134 valence electrons. The summed E-state index contributed by atoms with van der Waals surface area (Å²) in [4.78, 5) is 14.2. The first-order valence-corrected chi connectivity index (χ1v) is 9.61. The van der Waals surface area contributed by atoms with Gasteiger partial charge in [0.05, 0.1) is 11.4 Å². The Balaban J connectivity index is 1.99. The van der Waals surface area contributed by atoms with Crippen LogP contribution in [0.5, 0.6) is 0 Å². The molecule has 0 aromatic heterocycles. The maximum absolute atomic E-state index is 13.1. The van der Waals surface area contributed by atoms with Crippen LogP contribution in [-0.4, -0.2) is 39.1 Å². The largest absolute Gasteiger partial charge is 0.325 e. The number of benzene rings is 2. The summed E-state index contributed by atoms with van der Waals surface area (Å²) in [6.45, 7) is 2.04. The lowest BCUT2D eigenvalue weighted by molar-refractivity contribution is -0.117. The van der Waals surface area contributed by atoms with Crippen LogP contribution in [0.2, 0.25) is 0 Å². The smallest absolute Gasteiger partial charge is 0.238 e. The van der Waals surface area contributed by atoms with Crippen molar-refractivity contribution in [1.82, 2.24) is 4.90 Å². The molecule has 0 aliphatic heterocycles. The summed E-state index contributed by atoms with van der Waals surface area (Å²) in [5, 5.41) is 2.65. The third-order valence-corrected chi connectivity index (χ3v) is 5.08. The molecule has 5 nitrogen and oxygen atoms in total. The quantitative estimate of drug-likeness (QED) is 0.856. The number of nitrogens with zero attached hydrogens (tertiary/aromatic N) is 1. The lowest BCUT2D eigenvalue weighted by atomic mass is 10.1. The molecule has 0 radical (unpaired) electrons. The molecule has 0 aliphatic rings. The van der Waals surface area contributed by atoms with E-state index in [1.54, 1.807) is 37.4 Å². The van der Waals surface area contributed by atoms with Crippen molar-refractivity contribution in [3.05, 3.63) is 59.9 Å². The molecular formula is C18H21FN2O3S. The fourth-order valence-corrected chi connectivity index (χ4v) is 3.01. The summed E-state index contributed by atoms with van der Waals surface area (Å²) < 4.78 is 36.1. The highest BCUT2D eigenvalue weighted by atomic mass is 32.2. The molecule has 1 N–H and O–H groups in total. The van der Waals surface area contributed by atoms with Crippen LogP contribution in [0, 0.1) is 5.82 Å². The van der Waals surface area contributed by atoms with Gasteiger partial charge in [-0.2, -0.15) is 0 Å². The molecule has 0 aliphatic carbocycles. The van der Waals surface area contributed by atoms with Gasteiger partial charge in [0.15, 0.2) is 9.84 Å². The van der Waals surface area contributed by atoms with Gasteiger partial charge in [0.1, 0.15) is 5.82 Å². The first kappa shape index (κ1) is 19.1. The molecular weight excluding hydrogens is 343 g/mol. The van der Waals surface area contributed by atoms with E-state index in [-0.39, 0.29) is 23.4 Å². The molecule has 0 saturated carbocycles. The molecule has 0 spiro atoms. The Morgan fingerprint density at radius 1 is 1.20 bits per heavy atom. The van der Waals surface area contributed by atoms with E-state index >= 15 is 0 Å². The first-order chi connectivity index (χ1) is 11.7. The van der Waals surface area contributed by atoms with E-state index in [4.69, 9.17) is 0 Å². The van der Waals surface area contributed by atoms with Crippen molar-refractivity contribution in [3.8, 4) is 0 Å². The van der Waals surface area contributed by atoms with Gasteiger partial charge in [-0.05, 0) is 49.9 Å². The van der Waals surface area contributed by atoms with Gasteiger partial charge in [-0.1, -0.05) is 18.2 Å². The Hall–Kier alpha value is -2.25. The molecule has 2 aromatic carbocycles. The Morgan fingerprint density at radius 2 is 1.84 bits per heavy atom. The normalized spacial score (nSPS) is 12.8. The number of likely N-dealkylation sites (N-methyl/N-ethyl adjacent to an activating group) is 1. The van der Waals surface area contributed by atoms with Gasteiger partial charge in [-0.15, -0.1) is 0 Å². The predicted octanol–water partition coefficient (Wildman–Crippen LogP) is 2.86. The van der Waals surface area contributed by atoms with E-state index in [0.29, 0.717) is 5.69 Å². The van der Waals surface area contributed by atoms with E-state index in [1.807, 2.05) is 11.8 Å². The number of amides is 1. The van der Waals surface area contributed by atoms with Crippen LogP contribution >= 0.6 is 0 Å². The van der Waals surface area contributed by atoms with Crippen LogP contribution in [0.25, 0.3) is 0 Å². The second-order valence-electron chi connectivity index (χ2n) is 5.99. The van der Waals surface area contributed by atoms with Crippen LogP contribution in [0.15, 0.2) is 53.4 Å². The van der Waals surface area contributed by atoms with E-state index in [0.717, 1.165) is 11.8 Å².